The molecule has 0 atom stereocenters. The second-order valence-electron chi connectivity index (χ2n) is 7.80. The molecule has 3 aromatic carbocycles. The van der Waals surface area contributed by atoms with Gasteiger partial charge in [-0.25, -0.2) is 0 Å². The van der Waals surface area contributed by atoms with E-state index in [1.807, 2.05) is 6.92 Å². The molecule has 146 valence electrons. The molecule has 0 aromatic heterocycles. The molecule has 0 aliphatic heterocycles. The number of benzene rings is 3. The van der Waals surface area contributed by atoms with Crippen molar-refractivity contribution in [2.24, 2.45) is 0 Å². The van der Waals surface area contributed by atoms with Gasteiger partial charge in [0.1, 0.15) is 0 Å². The summed E-state index contributed by atoms with van der Waals surface area (Å²) in [5, 5.41) is 5.12. The molecular weight excluding hydrogens is 346 g/mol. The number of ether oxygens (including phenoxy) is 1. The van der Waals surface area contributed by atoms with Gasteiger partial charge in [-0.05, 0) is 52.9 Å². The van der Waals surface area contributed by atoms with Gasteiger partial charge in [-0.2, -0.15) is 0 Å². The summed E-state index contributed by atoms with van der Waals surface area (Å²) < 4.78 is 5.28. The smallest absolute Gasteiger partial charge is 0.320 e. The van der Waals surface area contributed by atoms with Crippen molar-refractivity contribution in [1.29, 1.82) is 0 Å². The van der Waals surface area contributed by atoms with E-state index in [4.69, 9.17) is 4.74 Å². The molecule has 0 spiro atoms. The SMILES string of the molecule is CCOC(=O)CN(Cc1cc2ccccc2c2ccccc12)C1CCCCC1. The second-order valence-corrected chi connectivity index (χ2v) is 7.80. The van der Waals surface area contributed by atoms with Gasteiger partial charge in [-0.15, -0.1) is 0 Å². The highest BCUT2D eigenvalue weighted by atomic mass is 16.5. The Bertz CT molecular complexity index is 959. The van der Waals surface area contributed by atoms with E-state index in [0.717, 1.165) is 6.54 Å². The molecule has 1 fully saturated rings. The normalized spacial score (nSPS) is 15.4. The summed E-state index contributed by atoms with van der Waals surface area (Å²) >= 11 is 0. The van der Waals surface area contributed by atoms with Crippen LogP contribution in [0.15, 0.2) is 54.6 Å². The summed E-state index contributed by atoms with van der Waals surface area (Å²) in [4.78, 5) is 14.7. The highest BCUT2D eigenvalue weighted by molar-refractivity contribution is 6.08. The van der Waals surface area contributed by atoms with Crippen LogP contribution >= 0.6 is 0 Å². The van der Waals surface area contributed by atoms with E-state index in [2.05, 4.69) is 59.5 Å². The first-order valence-corrected chi connectivity index (χ1v) is 10.6. The molecule has 0 unspecified atom stereocenters. The lowest BCUT2D eigenvalue weighted by Gasteiger charge is -2.34. The molecule has 0 saturated heterocycles. The minimum Gasteiger partial charge on any atom is -0.465 e. The summed E-state index contributed by atoms with van der Waals surface area (Å²) in [6.07, 6.45) is 6.16. The monoisotopic (exact) mass is 375 g/mol. The fourth-order valence-electron chi connectivity index (χ4n) is 4.61. The van der Waals surface area contributed by atoms with Gasteiger partial charge >= 0.3 is 5.97 Å². The van der Waals surface area contributed by atoms with Gasteiger partial charge in [-0.1, -0.05) is 67.8 Å². The standard InChI is InChI=1S/C25H29NO2/c1-2-28-25(27)18-26(21-11-4-3-5-12-21)17-20-16-19-10-6-7-13-22(19)24-15-9-8-14-23(20)24/h6-10,13-16,21H,2-5,11-12,17-18H2,1H3. The van der Waals surface area contributed by atoms with E-state index < -0.39 is 0 Å². The van der Waals surface area contributed by atoms with Crippen LogP contribution in [0.4, 0.5) is 0 Å². The maximum Gasteiger partial charge on any atom is 0.320 e. The lowest BCUT2D eigenvalue weighted by atomic mass is 9.92. The van der Waals surface area contributed by atoms with Gasteiger partial charge in [0.25, 0.3) is 0 Å². The van der Waals surface area contributed by atoms with Gasteiger partial charge in [0.15, 0.2) is 0 Å². The Kier molecular flexibility index (Phi) is 5.92. The molecule has 0 amide bonds. The van der Waals surface area contributed by atoms with Gasteiger partial charge in [0.2, 0.25) is 0 Å². The molecule has 3 nitrogen and oxygen atoms in total. The number of fused-ring (bicyclic) bond motifs is 3. The van der Waals surface area contributed by atoms with Crippen molar-refractivity contribution in [2.75, 3.05) is 13.2 Å². The van der Waals surface area contributed by atoms with Crippen LogP contribution < -0.4 is 0 Å². The summed E-state index contributed by atoms with van der Waals surface area (Å²) in [7, 11) is 0. The number of hydrogen-bond acceptors (Lipinski definition) is 3. The van der Waals surface area contributed by atoms with E-state index in [-0.39, 0.29) is 5.97 Å². The van der Waals surface area contributed by atoms with Crippen molar-refractivity contribution in [1.82, 2.24) is 4.90 Å². The van der Waals surface area contributed by atoms with Crippen molar-refractivity contribution < 1.29 is 9.53 Å². The molecule has 1 aliphatic carbocycles. The maximum atomic E-state index is 12.3. The van der Waals surface area contributed by atoms with E-state index >= 15 is 0 Å². The van der Waals surface area contributed by atoms with Crippen LogP contribution in [0.3, 0.4) is 0 Å². The lowest BCUT2D eigenvalue weighted by Crippen LogP contribution is -2.40. The Hall–Kier alpha value is -2.39. The molecular formula is C25H29NO2. The average molecular weight is 376 g/mol. The van der Waals surface area contributed by atoms with Gasteiger partial charge in [0.05, 0.1) is 13.2 Å². The molecule has 0 radical (unpaired) electrons. The van der Waals surface area contributed by atoms with Crippen LogP contribution in [0.25, 0.3) is 21.5 Å². The highest BCUT2D eigenvalue weighted by Gasteiger charge is 2.24. The molecule has 3 aromatic rings. The predicted molar refractivity (Wildman–Crippen MR) is 115 cm³/mol. The Balaban J connectivity index is 1.72. The van der Waals surface area contributed by atoms with Crippen LogP contribution in [0.2, 0.25) is 0 Å². The van der Waals surface area contributed by atoms with Crippen molar-refractivity contribution in [3.8, 4) is 0 Å². The Labute approximate surface area is 167 Å². The first kappa shape index (κ1) is 18.9. The summed E-state index contributed by atoms with van der Waals surface area (Å²) in [5.41, 5.74) is 1.30. The highest BCUT2D eigenvalue weighted by Crippen LogP contribution is 2.31. The predicted octanol–water partition coefficient (Wildman–Crippen LogP) is 5.69. The summed E-state index contributed by atoms with van der Waals surface area (Å²) in [6.45, 7) is 3.48. The third kappa shape index (κ3) is 4.05. The zero-order valence-electron chi connectivity index (χ0n) is 16.7. The van der Waals surface area contributed by atoms with Crippen LogP contribution in [-0.4, -0.2) is 30.1 Å². The van der Waals surface area contributed by atoms with Crippen molar-refractivity contribution in [3.63, 3.8) is 0 Å². The minimum atomic E-state index is -0.113. The van der Waals surface area contributed by atoms with E-state index in [1.165, 1.54) is 59.2 Å². The zero-order valence-corrected chi connectivity index (χ0v) is 16.7. The molecule has 3 heteroatoms. The molecule has 0 bridgehead atoms. The molecule has 1 aliphatic rings. The molecule has 0 N–H and O–H groups in total. The first-order chi connectivity index (χ1) is 13.8. The maximum absolute atomic E-state index is 12.3. The van der Waals surface area contributed by atoms with Crippen LogP contribution in [-0.2, 0) is 16.1 Å². The summed E-state index contributed by atoms with van der Waals surface area (Å²) in [6, 6.07) is 20.0. The van der Waals surface area contributed by atoms with Crippen molar-refractivity contribution in [2.45, 2.75) is 51.6 Å². The zero-order chi connectivity index (χ0) is 19.3. The number of esters is 1. The Morgan fingerprint density at radius 3 is 2.39 bits per heavy atom. The number of nitrogens with zero attached hydrogens (tertiary/aromatic N) is 1. The topological polar surface area (TPSA) is 29.5 Å². The fourth-order valence-corrected chi connectivity index (χ4v) is 4.61. The average Bonchev–Trinajstić information content (AvgIpc) is 2.74. The quantitative estimate of drug-likeness (QED) is 0.409. The number of carbonyl (C=O) groups is 1. The van der Waals surface area contributed by atoms with Crippen LogP contribution in [0.5, 0.6) is 0 Å². The van der Waals surface area contributed by atoms with Crippen molar-refractivity contribution >= 4 is 27.5 Å². The molecule has 28 heavy (non-hydrogen) atoms. The Morgan fingerprint density at radius 1 is 0.964 bits per heavy atom. The fraction of sp³-hybridized carbons (Fsp3) is 0.400. The lowest BCUT2D eigenvalue weighted by molar-refractivity contribution is -0.145. The van der Waals surface area contributed by atoms with E-state index in [1.54, 1.807) is 0 Å². The molecule has 0 heterocycles. The first-order valence-electron chi connectivity index (χ1n) is 10.6. The van der Waals surface area contributed by atoms with Gasteiger partial charge in [-0.3, -0.25) is 9.69 Å². The van der Waals surface area contributed by atoms with Gasteiger partial charge in [0, 0.05) is 12.6 Å². The van der Waals surface area contributed by atoms with E-state index in [9.17, 15) is 4.79 Å². The van der Waals surface area contributed by atoms with E-state index in [0.29, 0.717) is 19.2 Å². The third-order valence-electron chi connectivity index (χ3n) is 5.96. The second kappa shape index (κ2) is 8.74. The van der Waals surface area contributed by atoms with Crippen molar-refractivity contribution in [3.05, 3.63) is 60.2 Å². The molecule has 4 rings (SSSR count). The minimum absolute atomic E-state index is 0.113. The third-order valence-corrected chi connectivity index (χ3v) is 5.96. The van der Waals surface area contributed by atoms with Gasteiger partial charge < -0.3 is 4.74 Å². The number of hydrogen-bond donors (Lipinski definition) is 0. The number of carbonyl (C=O) groups excluding carboxylic acids is 1. The van der Waals surface area contributed by atoms with Crippen LogP contribution in [0.1, 0.15) is 44.6 Å². The van der Waals surface area contributed by atoms with Crippen LogP contribution in [0, 0.1) is 0 Å². The largest absolute Gasteiger partial charge is 0.465 e. The summed E-state index contributed by atoms with van der Waals surface area (Å²) in [5.74, 6) is -0.113. The molecule has 1 saturated carbocycles. The Morgan fingerprint density at radius 2 is 1.64 bits per heavy atom. The number of rotatable bonds is 6.